The van der Waals surface area contributed by atoms with Crippen LogP contribution in [0.3, 0.4) is 0 Å². The fraction of sp³-hybridized carbons (Fsp3) is 0.280. The first kappa shape index (κ1) is 22.3. The molecule has 1 atom stereocenters. The summed E-state index contributed by atoms with van der Waals surface area (Å²) in [6.07, 6.45) is 2.23. The third-order valence-corrected chi connectivity index (χ3v) is 6.40. The number of aromatic nitrogens is 4. The predicted molar refractivity (Wildman–Crippen MR) is 129 cm³/mol. The highest BCUT2D eigenvalue weighted by Crippen LogP contribution is 2.36. The lowest BCUT2D eigenvalue weighted by atomic mass is 10.1. The maximum Gasteiger partial charge on any atom is 0.374 e. The molecule has 2 heterocycles. The Hall–Kier alpha value is -3.52. The number of anilines is 1. The molecular formula is C25H23ClFN5O2. The molecule has 0 saturated heterocycles. The molecule has 2 aromatic heterocycles. The molecule has 1 aliphatic rings. The Kier molecular flexibility index (Phi) is 5.69. The van der Waals surface area contributed by atoms with E-state index >= 15 is 0 Å². The van der Waals surface area contributed by atoms with Crippen LogP contribution in [0.15, 0.2) is 42.5 Å². The van der Waals surface area contributed by atoms with E-state index in [4.69, 9.17) is 16.6 Å². The molecule has 1 unspecified atom stereocenters. The molecular weight excluding hydrogens is 457 g/mol. The lowest BCUT2D eigenvalue weighted by Crippen LogP contribution is -2.20. The maximum atomic E-state index is 14.2. The zero-order chi connectivity index (χ0) is 24.0. The van der Waals surface area contributed by atoms with Crippen LogP contribution < -0.4 is 5.32 Å². The van der Waals surface area contributed by atoms with E-state index in [9.17, 15) is 14.3 Å². The summed E-state index contributed by atoms with van der Waals surface area (Å²) in [4.78, 5) is 25.0. The number of carbonyl (C=O) groups is 1. The molecule has 0 radical (unpaired) electrons. The van der Waals surface area contributed by atoms with Gasteiger partial charge >= 0.3 is 5.97 Å². The molecule has 2 N–H and O–H groups in total. The van der Waals surface area contributed by atoms with Gasteiger partial charge in [-0.25, -0.2) is 24.1 Å². The summed E-state index contributed by atoms with van der Waals surface area (Å²) in [7, 11) is 0. The number of halogens is 2. The minimum atomic E-state index is -1.23. The summed E-state index contributed by atoms with van der Waals surface area (Å²) in [6, 6.07) is 12.6. The van der Waals surface area contributed by atoms with Gasteiger partial charge in [-0.2, -0.15) is 0 Å². The van der Waals surface area contributed by atoms with Crippen LogP contribution in [0.4, 0.5) is 10.2 Å². The van der Waals surface area contributed by atoms with Crippen LogP contribution in [-0.4, -0.2) is 36.6 Å². The average Bonchev–Trinajstić information content (AvgIpc) is 3.58. The van der Waals surface area contributed by atoms with E-state index in [1.807, 2.05) is 35.8 Å². The second kappa shape index (κ2) is 8.68. The topological polar surface area (TPSA) is 92.9 Å². The standard InChI is InChI=1S/C25H23ClFN5O2/c1-13-4-3-5-17(10-13)24-31-22-20(32(24)12-15-6-9-18(26)19(27)11-15)21(28-14(2)16-7-8-16)29-23(30-22)25(33)34/h3-6,9-11,14,16H,7-8,12H2,1-2H3,(H,33,34)(H,28,29,30). The smallest absolute Gasteiger partial charge is 0.374 e. The number of imidazole rings is 1. The van der Waals surface area contributed by atoms with Gasteiger partial charge in [0.05, 0.1) is 5.02 Å². The van der Waals surface area contributed by atoms with Crippen LogP contribution >= 0.6 is 11.6 Å². The first-order chi connectivity index (χ1) is 16.3. The van der Waals surface area contributed by atoms with Crippen molar-refractivity contribution in [3.05, 3.63) is 70.3 Å². The normalized spacial score (nSPS) is 14.4. The number of fused-ring (bicyclic) bond motifs is 1. The molecule has 0 aliphatic heterocycles. The highest BCUT2D eigenvalue weighted by Gasteiger charge is 2.30. The van der Waals surface area contributed by atoms with Crippen LogP contribution in [0.5, 0.6) is 0 Å². The highest BCUT2D eigenvalue weighted by molar-refractivity contribution is 6.30. The number of carboxylic acids is 1. The summed E-state index contributed by atoms with van der Waals surface area (Å²) < 4.78 is 16.1. The SMILES string of the molecule is Cc1cccc(-c2nc3nc(C(=O)O)nc(NC(C)C4CC4)c3n2Cc2ccc(Cl)c(F)c2)c1. The molecule has 4 aromatic rings. The van der Waals surface area contributed by atoms with Gasteiger partial charge in [-0.1, -0.05) is 41.4 Å². The van der Waals surface area contributed by atoms with Gasteiger partial charge in [0.2, 0.25) is 5.82 Å². The molecule has 0 bridgehead atoms. The van der Waals surface area contributed by atoms with Gasteiger partial charge in [0, 0.05) is 18.2 Å². The van der Waals surface area contributed by atoms with Gasteiger partial charge in [0.15, 0.2) is 11.5 Å². The van der Waals surface area contributed by atoms with Crippen molar-refractivity contribution in [2.75, 3.05) is 5.32 Å². The van der Waals surface area contributed by atoms with E-state index in [1.165, 1.54) is 12.1 Å². The van der Waals surface area contributed by atoms with Crippen molar-refractivity contribution in [1.29, 1.82) is 0 Å². The number of hydrogen-bond donors (Lipinski definition) is 2. The Morgan fingerprint density at radius 3 is 2.71 bits per heavy atom. The van der Waals surface area contributed by atoms with Gasteiger partial charge in [-0.05, 0) is 56.4 Å². The molecule has 0 spiro atoms. The first-order valence-electron chi connectivity index (χ1n) is 11.1. The number of nitrogens with zero attached hydrogens (tertiary/aromatic N) is 4. The summed E-state index contributed by atoms with van der Waals surface area (Å²) in [5.41, 5.74) is 3.41. The van der Waals surface area contributed by atoms with E-state index in [-0.39, 0.29) is 29.1 Å². The van der Waals surface area contributed by atoms with E-state index in [0.717, 1.165) is 24.0 Å². The Bertz CT molecular complexity index is 1420. The first-order valence-corrected chi connectivity index (χ1v) is 11.5. The predicted octanol–water partition coefficient (Wildman–Crippen LogP) is 5.55. The summed E-state index contributed by atoms with van der Waals surface area (Å²) in [5, 5.41) is 13.0. The van der Waals surface area contributed by atoms with Gasteiger partial charge in [-0.3, -0.25) is 0 Å². The molecule has 5 rings (SSSR count). The Labute approximate surface area is 200 Å². The molecule has 0 amide bonds. The maximum absolute atomic E-state index is 14.2. The van der Waals surface area contributed by atoms with E-state index in [0.29, 0.717) is 28.6 Å². The zero-order valence-corrected chi connectivity index (χ0v) is 19.5. The van der Waals surface area contributed by atoms with Crippen molar-refractivity contribution in [1.82, 2.24) is 19.5 Å². The van der Waals surface area contributed by atoms with Crippen molar-refractivity contribution in [3.8, 4) is 11.4 Å². The number of rotatable bonds is 7. The Morgan fingerprint density at radius 1 is 1.24 bits per heavy atom. The van der Waals surface area contributed by atoms with Crippen molar-refractivity contribution in [3.63, 3.8) is 0 Å². The Balaban J connectivity index is 1.74. The lowest BCUT2D eigenvalue weighted by Gasteiger charge is -2.17. The van der Waals surface area contributed by atoms with Crippen LogP contribution in [0.2, 0.25) is 5.02 Å². The number of hydrogen-bond acceptors (Lipinski definition) is 5. The van der Waals surface area contributed by atoms with Gasteiger partial charge in [-0.15, -0.1) is 0 Å². The summed E-state index contributed by atoms with van der Waals surface area (Å²) >= 11 is 5.89. The third kappa shape index (κ3) is 4.33. The van der Waals surface area contributed by atoms with Gasteiger partial charge < -0.3 is 15.0 Å². The van der Waals surface area contributed by atoms with Crippen LogP contribution in [-0.2, 0) is 6.54 Å². The minimum absolute atomic E-state index is 0.0493. The largest absolute Gasteiger partial charge is 0.475 e. The number of benzene rings is 2. The molecule has 7 nitrogen and oxygen atoms in total. The van der Waals surface area contributed by atoms with Gasteiger partial charge in [0.25, 0.3) is 0 Å². The molecule has 1 fully saturated rings. The molecule has 1 saturated carbocycles. The van der Waals surface area contributed by atoms with E-state index in [1.54, 1.807) is 6.07 Å². The molecule has 9 heteroatoms. The molecule has 34 heavy (non-hydrogen) atoms. The van der Waals surface area contributed by atoms with Crippen LogP contribution in [0, 0.1) is 18.7 Å². The van der Waals surface area contributed by atoms with Crippen molar-refractivity contribution >= 4 is 34.6 Å². The lowest BCUT2D eigenvalue weighted by molar-refractivity contribution is 0.0684. The number of carboxylic acid groups (broad SMARTS) is 1. The molecule has 1 aliphatic carbocycles. The average molecular weight is 480 g/mol. The quantitative estimate of drug-likeness (QED) is 0.361. The zero-order valence-electron chi connectivity index (χ0n) is 18.7. The second-order valence-corrected chi connectivity index (χ2v) is 9.19. The fourth-order valence-corrected chi connectivity index (χ4v) is 4.26. The number of aryl methyl sites for hydroxylation is 1. The van der Waals surface area contributed by atoms with E-state index in [2.05, 4.69) is 22.2 Å². The van der Waals surface area contributed by atoms with Crippen molar-refractivity contribution in [2.24, 2.45) is 5.92 Å². The Morgan fingerprint density at radius 2 is 2.03 bits per heavy atom. The van der Waals surface area contributed by atoms with E-state index < -0.39 is 11.8 Å². The van der Waals surface area contributed by atoms with Crippen molar-refractivity contribution in [2.45, 2.75) is 39.3 Å². The fourth-order valence-electron chi connectivity index (χ4n) is 4.14. The number of aromatic carboxylic acids is 1. The minimum Gasteiger partial charge on any atom is -0.475 e. The third-order valence-electron chi connectivity index (χ3n) is 6.09. The summed E-state index contributed by atoms with van der Waals surface area (Å²) in [5.74, 6) is -0.552. The van der Waals surface area contributed by atoms with Crippen LogP contribution in [0.25, 0.3) is 22.6 Å². The second-order valence-electron chi connectivity index (χ2n) is 8.78. The van der Waals surface area contributed by atoms with Gasteiger partial charge in [0.1, 0.15) is 17.2 Å². The summed E-state index contributed by atoms with van der Waals surface area (Å²) in [6.45, 7) is 4.32. The highest BCUT2D eigenvalue weighted by atomic mass is 35.5. The van der Waals surface area contributed by atoms with Crippen molar-refractivity contribution < 1.29 is 14.3 Å². The molecule has 2 aromatic carbocycles. The molecule has 174 valence electrons. The number of nitrogens with one attached hydrogen (secondary N) is 1. The van der Waals surface area contributed by atoms with Crippen LogP contribution in [0.1, 0.15) is 41.5 Å². The monoisotopic (exact) mass is 479 g/mol.